The van der Waals surface area contributed by atoms with Crippen molar-refractivity contribution < 1.29 is 4.74 Å². The van der Waals surface area contributed by atoms with Gasteiger partial charge < -0.3 is 14.2 Å². The van der Waals surface area contributed by atoms with E-state index in [1.165, 1.54) is 38.9 Å². The fraction of sp³-hybridized carbons (Fsp3) is 0.0156. The SMILES string of the molecule is c1ccc(-c2nc(-c3cccc(-n4c5ccccc5c5c6c(ccc54)N(c4ccccc4)c4ccccc4O6)c3)nc(-c3cccc4c3-c3ccccc3C43c4ccccc4-c4ccccc43)n2)cc1. The quantitative estimate of drug-likeness (QED) is 0.172. The second-order valence-corrected chi connectivity index (χ2v) is 18.2. The third-order valence-corrected chi connectivity index (χ3v) is 14.6. The van der Waals surface area contributed by atoms with E-state index < -0.39 is 5.41 Å². The first-order valence-corrected chi connectivity index (χ1v) is 23.8. The Kier molecular flexibility index (Phi) is 8.18. The number of ether oxygens (including phenoxy) is 1. The summed E-state index contributed by atoms with van der Waals surface area (Å²) in [5.41, 5.74) is 18.4. The Morgan fingerprint density at radius 1 is 0.371 bits per heavy atom. The van der Waals surface area contributed by atoms with Crippen LogP contribution in [0, 0.1) is 0 Å². The molecular formula is C64H39N5O. The van der Waals surface area contributed by atoms with Crippen molar-refractivity contribution in [1.29, 1.82) is 0 Å². The zero-order valence-corrected chi connectivity index (χ0v) is 37.7. The highest BCUT2D eigenvalue weighted by molar-refractivity contribution is 6.15. The molecule has 2 aliphatic carbocycles. The molecule has 6 heteroatoms. The van der Waals surface area contributed by atoms with Crippen molar-refractivity contribution in [1.82, 2.24) is 19.5 Å². The topological polar surface area (TPSA) is 56.1 Å². The second kappa shape index (κ2) is 14.8. The Bertz CT molecular complexity index is 4080. The molecule has 2 aromatic heterocycles. The summed E-state index contributed by atoms with van der Waals surface area (Å²) in [6, 6.07) is 84.0. The van der Waals surface area contributed by atoms with Crippen LogP contribution < -0.4 is 9.64 Å². The third kappa shape index (κ3) is 5.35. The molecule has 0 bridgehead atoms. The maximum atomic E-state index is 6.94. The van der Waals surface area contributed by atoms with E-state index in [0.29, 0.717) is 17.5 Å². The van der Waals surface area contributed by atoms with Crippen LogP contribution in [0.4, 0.5) is 17.1 Å². The predicted molar refractivity (Wildman–Crippen MR) is 282 cm³/mol. The molecule has 3 heterocycles. The van der Waals surface area contributed by atoms with E-state index in [-0.39, 0.29) is 0 Å². The molecule has 15 rings (SSSR count). The van der Waals surface area contributed by atoms with Gasteiger partial charge in [-0.3, -0.25) is 0 Å². The monoisotopic (exact) mass is 893 g/mol. The first kappa shape index (κ1) is 38.7. The Morgan fingerprint density at radius 3 is 1.71 bits per heavy atom. The number of para-hydroxylation sites is 4. The minimum Gasteiger partial charge on any atom is -0.452 e. The van der Waals surface area contributed by atoms with E-state index in [9.17, 15) is 0 Å². The Balaban J connectivity index is 0.928. The molecule has 70 heavy (non-hydrogen) atoms. The van der Waals surface area contributed by atoms with Crippen molar-refractivity contribution >= 4 is 38.9 Å². The molecule has 0 saturated carbocycles. The molecule has 1 aliphatic heterocycles. The van der Waals surface area contributed by atoms with Gasteiger partial charge in [0.1, 0.15) is 0 Å². The first-order valence-electron chi connectivity index (χ1n) is 23.8. The molecule has 0 saturated heterocycles. The molecule has 326 valence electrons. The molecular weight excluding hydrogens is 855 g/mol. The van der Waals surface area contributed by atoms with Crippen LogP contribution in [0.3, 0.4) is 0 Å². The summed E-state index contributed by atoms with van der Waals surface area (Å²) < 4.78 is 9.28. The number of anilines is 3. The summed E-state index contributed by atoms with van der Waals surface area (Å²) in [6.45, 7) is 0. The van der Waals surface area contributed by atoms with Gasteiger partial charge in [0.25, 0.3) is 0 Å². The van der Waals surface area contributed by atoms with E-state index in [2.05, 4.69) is 222 Å². The highest BCUT2D eigenvalue weighted by atomic mass is 16.5. The summed E-state index contributed by atoms with van der Waals surface area (Å²) in [5, 5.41) is 2.15. The summed E-state index contributed by atoms with van der Waals surface area (Å²) in [5.74, 6) is 3.47. The molecule has 0 N–H and O–H groups in total. The van der Waals surface area contributed by atoms with Crippen LogP contribution in [0.1, 0.15) is 22.3 Å². The zero-order chi connectivity index (χ0) is 45.9. The van der Waals surface area contributed by atoms with Crippen molar-refractivity contribution in [2.24, 2.45) is 0 Å². The van der Waals surface area contributed by atoms with Gasteiger partial charge in [0, 0.05) is 33.5 Å². The summed E-state index contributed by atoms with van der Waals surface area (Å²) in [7, 11) is 0. The molecule has 3 aliphatic rings. The Morgan fingerprint density at radius 2 is 0.929 bits per heavy atom. The molecule has 0 atom stereocenters. The van der Waals surface area contributed by atoms with Crippen LogP contribution in [0.25, 0.3) is 83.9 Å². The minimum atomic E-state index is -0.489. The van der Waals surface area contributed by atoms with Crippen LogP contribution in [0.2, 0.25) is 0 Å². The number of fused-ring (bicyclic) bond motifs is 16. The molecule has 0 radical (unpaired) electrons. The largest absolute Gasteiger partial charge is 0.452 e. The number of benzene rings is 10. The lowest BCUT2D eigenvalue weighted by Crippen LogP contribution is -2.25. The van der Waals surface area contributed by atoms with Crippen LogP contribution in [-0.4, -0.2) is 19.5 Å². The maximum absolute atomic E-state index is 6.94. The van der Waals surface area contributed by atoms with Gasteiger partial charge in [-0.1, -0.05) is 182 Å². The standard InChI is InChI=1S/C64H39N5O/c1-3-19-40(20-4-1)61-65-62(67-63(66-61)48-29-18-33-52-58(48)46-27-9-13-32-51(46)64(52)49-30-11-7-25-44(49)45-26-8-12-31-50(45)64)41-21-17-24-43(39-41)69-53-34-14-10-28-47(53)59-55(69)37-38-56-60(59)70-57-36-16-15-35-54(57)68(56)42-22-5-2-6-23-42/h1-39H. The minimum absolute atomic E-state index is 0.489. The lowest BCUT2D eigenvalue weighted by Gasteiger charge is -2.33. The fourth-order valence-corrected chi connectivity index (χ4v) is 11.9. The first-order chi connectivity index (χ1) is 34.7. The second-order valence-electron chi connectivity index (χ2n) is 18.2. The Hall–Kier alpha value is -9.39. The number of hydrogen-bond donors (Lipinski definition) is 0. The maximum Gasteiger partial charge on any atom is 0.164 e. The number of nitrogens with zero attached hydrogens (tertiary/aromatic N) is 5. The van der Waals surface area contributed by atoms with Crippen molar-refractivity contribution in [2.45, 2.75) is 5.41 Å². The van der Waals surface area contributed by atoms with Crippen LogP contribution in [0.15, 0.2) is 237 Å². The highest BCUT2D eigenvalue weighted by Crippen LogP contribution is 2.64. The van der Waals surface area contributed by atoms with Crippen LogP contribution in [0.5, 0.6) is 11.5 Å². The lowest BCUT2D eigenvalue weighted by atomic mass is 9.70. The van der Waals surface area contributed by atoms with Gasteiger partial charge in [-0.15, -0.1) is 0 Å². The highest BCUT2D eigenvalue weighted by Gasteiger charge is 2.52. The molecule has 0 amide bonds. The van der Waals surface area contributed by atoms with Crippen LogP contribution in [-0.2, 0) is 5.41 Å². The zero-order valence-electron chi connectivity index (χ0n) is 37.7. The summed E-state index contributed by atoms with van der Waals surface area (Å²) >= 11 is 0. The van der Waals surface area contributed by atoms with Crippen molar-refractivity contribution in [2.75, 3.05) is 4.90 Å². The molecule has 0 fully saturated rings. The average Bonchev–Trinajstić information content (AvgIpc) is 4.05. The van der Waals surface area contributed by atoms with Gasteiger partial charge in [0.2, 0.25) is 0 Å². The van der Waals surface area contributed by atoms with Crippen molar-refractivity contribution in [3.8, 4) is 73.6 Å². The van der Waals surface area contributed by atoms with Gasteiger partial charge in [-0.25, -0.2) is 15.0 Å². The van der Waals surface area contributed by atoms with E-state index in [4.69, 9.17) is 19.7 Å². The number of hydrogen-bond acceptors (Lipinski definition) is 5. The van der Waals surface area contributed by atoms with Crippen molar-refractivity contribution in [3.63, 3.8) is 0 Å². The van der Waals surface area contributed by atoms with E-state index in [0.717, 1.165) is 78.3 Å². The average molecular weight is 894 g/mol. The van der Waals surface area contributed by atoms with Gasteiger partial charge in [-0.2, -0.15) is 0 Å². The van der Waals surface area contributed by atoms with E-state index in [1.54, 1.807) is 0 Å². The molecule has 10 aromatic carbocycles. The normalized spacial score (nSPS) is 13.3. The predicted octanol–water partition coefficient (Wildman–Crippen LogP) is 15.9. The molecule has 0 unspecified atom stereocenters. The summed E-state index contributed by atoms with van der Waals surface area (Å²) in [6.07, 6.45) is 0. The smallest absolute Gasteiger partial charge is 0.164 e. The Labute approximate surface area is 404 Å². The van der Waals surface area contributed by atoms with Gasteiger partial charge in [0.15, 0.2) is 29.0 Å². The van der Waals surface area contributed by atoms with Crippen LogP contribution >= 0.6 is 0 Å². The van der Waals surface area contributed by atoms with E-state index >= 15 is 0 Å². The number of aromatic nitrogens is 4. The van der Waals surface area contributed by atoms with Gasteiger partial charge in [0.05, 0.1) is 33.2 Å². The van der Waals surface area contributed by atoms with Crippen molar-refractivity contribution in [3.05, 3.63) is 259 Å². The molecule has 12 aromatic rings. The lowest BCUT2D eigenvalue weighted by molar-refractivity contribution is 0.483. The molecule has 6 nitrogen and oxygen atoms in total. The number of rotatable bonds is 5. The van der Waals surface area contributed by atoms with Gasteiger partial charge in [-0.05, 0) is 99.1 Å². The molecule has 1 spiro atoms. The third-order valence-electron chi connectivity index (χ3n) is 14.6. The van der Waals surface area contributed by atoms with E-state index in [1.807, 2.05) is 24.3 Å². The fourth-order valence-electron chi connectivity index (χ4n) is 11.9. The summed E-state index contributed by atoms with van der Waals surface area (Å²) in [4.78, 5) is 18.4. The van der Waals surface area contributed by atoms with Gasteiger partial charge >= 0.3 is 0 Å².